The molecule has 1 aliphatic carbocycles. The van der Waals surface area contributed by atoms with Gasteiger partial charge in [0.05, 0.1) is 0 Å². The lowest BCUT2D eigenvalue weighted by Gasteiger charge is -2.22. The zero-order chi connectivity index (χ0) is 37.8. The minimum Gasteiger partial charge on any atom is -0.456 e. The molecule has 3 nitrogen and oxygen atoms in total. The summed E-state index contributed by atoms with van der Waals surface area (Å²) in [5.74, 6) is 0. The van der Waals surface area contributed by atoms with Crippen molar-refractivity contribution in [3.05, 3.63) is 210 Å². The first-order valence-corrected chi connectivity index (χ1v) is 19.5. The molecule has 10 rings (SSSR count). The van der Waals surface area contributed by atoms with E-state index in [0.29, 0.717) is 0 Å². The zero-order valence-corrected chi connectivity index (χ0v) is 31.6. The van der Waals surface area contributed by atoms with Crippen LogP contribution < -0.4 is 11.1 Å². The van der Waals surface area contributed by atoms with Crippen molar-refractivity contribution in [2.45, 2.75) is 31.8 Å². The van der Waals surface area contributed by atoms with Crippen molar-refractivity contribution in [2.24, 2.45) is 5.73 Å². The number of nitrogens with one attached hydrogen (secondary N) is 1. The first kappa shape index (κ1) is 33.9. The molecule has 3 heteroatoms. The molecule has 0 spiro atoms. The minimum absolute atomic E-state index is 0.107. The second kappa shape index (κ2) is 13.6. The van der Waals surface area contributed by atoms with Crippen molar-refractivity contribution in [1.29, 1.82) is 0 Å². The van der Waals surface area contributed by atoms with Crippen molar-refractivity contribution in [2.75, 3.05) is 0 Å². The van der Waals surface area contributed by atoms with E-state index in [0.717, 1.165) is 56.3 Å². The van der Waals surface area contributed by atoms with Crippen LogP contribution in [0.15, 0.2) is 186 Å². The van der Waals surface area contributed by atoms with Crippen molar-refractivity contribution in [3.8, 4) is 33.4 Å². The first-order chi connectivity index (χ1) is 27.4. The number of hydrogen-bond acceptors (Lipinski definition) is 3. The molecule has 1 aliphatic rings. The quantitative estimate of drug-likeness (QED) is 0.154. The van der Waals surface area contributed by atoms with E-state index >= 15 is 0 Å². The normalized spacial score (nSPS) is 13.9. The number of hydrogen-bond donors (Lipinski definition) is 2. The number of furan rings is 1. The van der Waals surface area contributed by atoms with Gasteiger partial charge in [-0.25, -0.2) is 0 Å². The summed E-state index contributed by atoms with van der Waals surface area (Å²) in [6.07, 6.45) is 2.63. The predicted octanol–water partition coefficient (Wildman–Crippen LogP) is 13.2. The van der Waals surface area contributed by atoms with Crippen LogP contribution >= 0.6 is 0 Å². The van der Waals surface area contributed by atoms with Crippen LogP contribution in [0, 0.1) is 0 Å². The summed E-state index contributed by atoms with van der Waals surface area (Å²) in [7, 11) is 0. The van der Waals surface area contributed by atoms with Gasteiger partial charge >= 0.3 is 0 Å². The number of fused-ring (bicyclic) bond motifs is 7. The molecular formula is C53H42N2O. The lowest BCUT2D eigenvalue weighted by molar-refractivity contribution is 0.661. The highest BCUT2D eigenvalue weighted by atomic mass is 16.3. The third-order valence-corrected chi connectivity index (χ3v) is 11.7. The third kappa shape index (κ3) is 5.89. The fourth-order valence-electron chi connectivity index (χ4n) is 8.74. The molecule has 270 valence electrons. The summed E-state index contributed by atoms with van der Waals surface area (Å²) in [6.45, 7) is 4.71. The second-order valence-electron chi connectivity index (χ2n) is 15.5. The molecule has 1 aromatic heterocycles. The molecular weight excluding hydrogens is 681 g/mol. The maximum atomic E-state index is 6.87. The Labute approximate surface area is 327 Å². The number of para-hydroxylation sites is 1. The molecule has 0 aliphatic heterocycles. The lowest BCUT2D eigenvalue weighted by atomic mass is 9.81. The van der Waals surface area contributed by atoms with Gasteiger partial charge in [0.25, 0.3) is 0 Å². The van der Waals surface area contributed by atoms with Gasteiger partial charge in [-0.15, -0.1) is 0 Å². The van der Waals surface area contributed by atoms with E-state index in [2.05, 4.69) is 171 Å². The first-order valence-electron chi connectivity index (χ1n) is 19.5. The average Bonchev–Trinajstić information content (AvgIpc) is 3.73. The topological polar surface area (TPSA) is 51.2 Å². The van der Waals surface area contributed by atoms with Gasteiger partial charge in [-0.3, -0.25) is 0 Å². The molecule has 0 saturated carbocycles. The van der Waals surface area contributed by atoms with E-state index in [1.54, 1.807) is 0 Å². The highest BCUT2D eigenvalue weighted by Gasteiger charge is 2.37. The van der Waals surface area contributed by atoms with Crippen LogP contribution in [0.25, 0.3) is 71.8 Å². The lowest BCUT2D eigenvalue weighted by Crippen LogP contribution is -2.27. The minimum atomic E-state index is -0.380. The van der Waals surface area contributed by atoms with Gasteiger partial charge in [-0.1, -0.05) is 159 Å². The smallest absolute Gasteiger partial charge is 0.136 e. The van der Waals surface area contributed by atoms with E-state index < -0.39 is 0 Å². The fourth-order valence-corrected chi connectivity index (χ4v) is 8.74. The largest absolute Gasteiger partial charge is 0.456 e. The highest BCUT2D eigenvalue weighted by Crippen LogP contribution is 2.53. The molecule has 8 aromatic carbocycles. The molecule has 1 heterocycles. The molecule has 0 radical (unpaired) electrons. The van der Waals surface area contributed by atoms with E-state index in [9.17, 15) is 0 Å². The summed E-state index contributed by atoms with van der Waals surface area (Å²) >= 11 is 0. The van der Waals surface area contributed by atoms with Gasteiger partial charge in [0, 0.05) is 21.9 Å². The summed E-state index contributed by atoms with van der Waals surface area (Å²) in [6, 6.07) is 63.0. The molecule has 9 aromatic rings. The van der Waals surface area contributed by atoms with Crippen molar-refractivity contribution in [3.63, 3.8) is 0 Å². The van der Waals surface area contributed by atoms with Crippen LogP contribution in [0.4, 0.5) is 0 Å². The Morgan fingerprint density at radius 1 is 0.589 bits per heavy atom. The Bertz CT molecular complexity index is 2970. The molecule has 0 bridgehead atoms. The Hall–Kier alpha value is -6.68. The molecule has 0 fully saturated rings. The summed E-state index contributed by atoms with van der Waals surface area (Å²) < 4.78 is 6.23. The number of rotatable bonds is 8. The summed E-state index contributed by atoms with van der Waals surface area (Å²) in [5.41, 5.74) is 23.0. The zero-order valence-electron chi connectivity index (χ0n) is 31.6. The van der Waals surface area contributed by atoms with Gasteiger partial charge in [0.2, 0.25) is 0 Å². The average molecular weight is 723 g/mol. The van der Waals surface area contributed by atoms with Crippen LogP contribution in [-0.2, 0) is 11.8 Å². The molecule has 1 atom stereocenters. The molecule has 1 unspecified atom stereocenters. The SMILES string of the molecule is CC1(C)c2cc3ccccc3cc2-c2c(-c3cccc(/C(=C/Cc4cccc(-c5ccc6c(c5)oc5ccccc56)c4)NC(N)c4ccccc4)c3)cccc21. The van der Waals surface area contributed by atoms with E-state index in [-0.39, 0.29) is 11.6 Å². The Balaban J connectivity index is 1.03. The maximum absolute atomic E-state index is 6.87. The standard InChI is InChI=1S/C53H42N2O/c1-53(2)46-23-12-22-42(51(46)45-31-37-16-6-7-17-38(37)32-47(45)53)40-19-11-20-41(30-40)48(55-52(54)35-14-4-3-5-15-35)28-25-34-13-10-18-36(29-34)39-26-27-44-43-21-8-9-24-49(43)56-50(44)33-39/h3-24,26-33,52,55H,25,54H2,1-2H3/b48-28-. The maximum Gasteiger partial charge on any atom is 0.136 e. The Kier molecular flexibility index (Phi) is 8.20. The number of allylic oxidation sites excluding steroid dienone is 1. The van der Waals surface area contributed by atoms with E-state index in [4.69, 9.17) is 10.2 Å². The van der Waals surface area contributed by atoms with Crippen LogP contribution in [0.3, 0.4) is 0 Å². The van der Waals surface area contributed by atoms with Gasteiger partial charge in [-0.2, -0.15) is 0 Å². The Morgan fingerprint density at radius 3 is 2.18 bits per heavy atom. The van der Waals surface area contributed by atoms with Gasteiger partial charge < -0.3 is 15.5 Å². The monoisotopic (exact) mass is 722 g/mol. The van der Waals surface area contributed by atoms with Crippen molar-refractivity contribution in [1.82, 2.24) is 5.32 Å². The van der Waals surface area contributed by atoms with E-state index in [1.165, 1.54) is 49.7 Å². The second-order valence-corrected chi connectivity index (χ2v) is 15.5. The van der Waals surface area contributed by atoms with Crippen LogP contribution in [0.1, 0.15) is 47.8 Å². The predicted molar refractivity (Wildman–Crippen MR) is 234 cm³/mol. The number of nitrogens with two attached hydrogens (primary N) is 1. The number of benzene rings is 8. The van der Waals surface area contributed by atoms with Gasteiger partial charge in [0.15, 0.2) is 0 Å². The summed E-state index contributed by atoms with van der Waals surface area (Å²) in [5, 5.41) is 8.53. The fraction of sp³-hybridized carbons (Fsp3) is 0.0943. The molecule has 0 amide bonds. The Morgan fingerprint density at radius 2 is 1.30 bits per heavy atom. The van der Waals surface area contributed by atoms with Crippen molar-refractivity contribution < 1.29 is 4.42 Å². The highest BCUT2D eigenvalue weighted by molar-refractivity contribution is 6.06. The van der Waals surface area contributed by atoms with Crippen molar-refractivity contribution >= 4 is 38.4 Å². The summed E-state index contributed by atoms with van der Waals surface area (Å²) in [4.78, 5) is 0. The third-order valence-electron chi connectivity index (χ3n) is 11.7. The van der Waals surface area contributed by atoms with Crippen LogP contribution in [0.5, 0.6) is 0 Å². The molecule has 56 heavy (non-hydrogen) atoms. The van der Waals surface area contributed by atoms with Crippen LogP contribution in [0.2, 0.25) is 0 Å². The molecule has 3 N–H and O–H groups in total. The molecule has 0 saturated heterocycles. The van der Waals surface area contributed by atoms with E-state index in [1.807, 2.05) is 30.3 Å². The van der Waals surface area contributed by atoms with Gasteiger partial charge in [-0.05, 0) is 115 Å². The van der Waals surface area contributed by atoms with Gasteiger partial charge in [0.1, 0.15) is 17.3 Å². The van der Waals surface area contributed by atoms with Crippen LogP contribution in [-0.4, -0.2) is 0 Å².